The molecule has 0 fully saturated rings. The van der Waals surface area contributed by atoms with Crippen molar-refractivity contribution in [3.05, 3.63) is 0 Å². The van der Waals surface area contributed by atoms with Gasteiger partial charge < -0.3 is 14.9 Å². The van der Waals surface area contributed by atoms with Crippen molar-refractivity contribution in [2.24, 2.45) is 0 Å². The summed E-state index contributed by atoms with van der Waals surface area (Å²) in [6.07, 6.45) is 0.324. The van der Waals surface area contributed by atoms with Crippen LogP contribution in [-0.2, 0) is 9.53 Å². The molecule has 0 saturated carbocycles. The first-order valence-corrected chi connectivity index (χ1v) is 8.57. The number of carbonyl (C=O) groups excluding carboxylic acids is 1. The molecular formula is C10H22O4Si. The number of ether oxygens (including phenoxy) is 1. The van der Waals surface area contributed by atoms with E-state index in [1.54, 1.807) is 6.92 Å². The topological polar surface area (TPSA) is 66.8 Å². The van der Waals surface area contributed by atoms with Gasteiger partial charge in [-0.05, 0) is 13.3 Å². The smallest absolute Gasteiger partial charge is 0.340 e. The molecule has 0 aromatic heterocycles. The molecule has 15 heavy (non-hydrogen) atoms. The summed E-state index contributed by atoms with van der Waals surface area (Å²) in [5, 5.41) is 19.3. The van der Waals surface area contributed by atoms with E-state index in [1.807, 2.05) is 19.6 Å². The molecule has 0 aliphatic rings. The van der Waals surface area contributed by atoms with Gasteiger partial charge in [-0.25, -0.2) is 4.79 Å². The maximum Gasteiger partial charge on any atom is 0.340 e. The molecule has 0 amide bonds. The molecule has 2 atom stereocenters. The Hall–Kier alpha value is -0.393. The van der Waals surface area contributed by atoms with Crippen molar-refractivity contribution in [1.82, 2.24) is 0 Å². The number of rotatable bonds is 4. The Morgan fingerprint density at radius 1 is 1.33 bits per heavy atom. The third kappa shape index (κ3) is 2.24. The van der Waals surface area contributed by atoms with Gasteiger partial charge in [0, 0.05) is 0 Å². The lowest BCUT2D eigenvalue weighted by Gasteiger charge is -2.46. The SMILES string of the molecule is CC[C@](O)([C@](C)(O)C(=O)OC)[Si](C)(C)C. The van der Waals surface area contributed by atoms with Crippen LogP contribution in [0.1, 0.15) is 20.3 Å². The average molecular weight is 234 g/mol. The molecular weight excluding hydrogens is 212 g/mol. The fraction of sp³-hybridized carbons (Fsp3) is 0.900. The Morgan fingerprint density at radius 3 is 1.93 bits per heavy atom. The van der Waals surface area contributed by atoms with E-state index < -0.39 is 24.9 Å². The van der Waals surface area contributed by atoms with E-state index in [2.05, 4.69) is 4.74 Å². The summed E-state index contributed by atoms with van der Waals surface area (Å²) in [4.78, 5) is 11.5. The molecule has 90 valence electrons. The van der Waals surface area contributed by atoms with E-state index in [9.17, 15) is 15.0 Å². The van der Waals surface area contributed by atoms with Crippen molar-refractivity contribution in [3.63, 3.8) is 0 Å². The van der Waals surface area contributed by atoms with Gasteiger partial charge in [-0.1, -0.05) is 26.6 Å². The molecule has 0 bridgehead atoms. The summed E-state index contributed by atoms with van der Waals surface area (Å²) in [5.74, 6) is -0.783. The second kappa shape index (κ2) is 4.23. The molecule has 0 spiro atoms. The Bertz CT molecular complexity index is 244. The molecule has 0 aromatic rings. The Morgan fingerprint density at radius 2 is 1.73 bits per heavy atom. The van der Waals surface area contributed by atoms with Crippen LogP contribution in [0.4, 0.5) is 0 Å². The van der Waals surface area contributed by atoms with Gasteiger partial charge in [0.1, 0.15) is 0 Å². The fourth-order valence-electron chi connectivity index (χ4n) is 1.97. The molecule has 0 radical (unpaired) electrons. The van der Waals surface area contributed by atoms with E-state index in [0.717, 1.165) is 0 Å². The summed E-state index contributed by atoms with van der Waals surface area (Å²) in [5.41, 5.74) is -1.85. The van der Waals surface area contributed by atoms with Crippen LogP contribution in [0.15, 0.2) is 0 Å². The van der Waals surface area contributed by atoms with E-state index in [0.29, 0.717) is 6.42 Å². The highest BCUT2D eigenvalue weighted by atomic mass is 28.3. The molecule has 0 unspecified atom stereocenters. The molecule has 5 heteroatoms. The third-order valence-electron chi connectivity index (χ3n) is 3.14. The lowest BCUT2D eigenvalue weighted by Crippen LogP contribution is -2.69. The summed E-state index contributed by atoms with van der Waals surface area (Å²) in [6, 6.07) is 0. The molecule has 4 nitrogen and oxygen atoms in total. The van der Waals surface area contributed by atoms with Crippen LogP contribution in [0, 0.1) is 0 Å². The van der Waals surface area contributed by atoms with Gasteiger partial charge in [0.2, 0.25) is 0 Å². The zero-order valence-electron chi connectivity index (χ0n) is 10.4. The van der Waals surface area contributed by atoms with Gasteiger partial charge in [0.25, 0.3) is 0 Å². The van der Waals surface area contributed by atoms with Crippen LogP contribution in [0.25, 0.3) is 0 Å². The zero-order chi connectivity index (χ0) is 12.5. The molecule has 0 heterocycles. The van der Waals surface area contributed by atoms with Crippen molar-refractivity contribution >= 4 is 14.0 Å². The zero-order valence-corrected chi connectivity index (χ0v) is 11.4. The van der Waals surface area contributed by atoms with Crippen LogP contribution in [-0.4, -0.2) is 42.2 Å². The first-order chi connectivity index (χ1) is 6.54. The normalized spacial score (nSPS) is 20.3. The maximum atomic E-state index is 11.5. The highest BCUT2D eigenvalue weighted by Gasteiger charge is 2.58. The third-order valence-corrected chi connectivity index (χ3v) is 6.46. The van der Waals surface area contributed by atoms with Crippen molar-refractivity contribution in [1.29, 1.82) is 0 Å². The van der Waals surface area contributed by atoms with E-state index >= 15 is 0 Å². The van der Waals surface area contributed by atoms with Crippen LogP contribution in [0.2, 0.25) is 19.6 Å². The predicted octanol–water partition coefficient (Wildman–Crippen LogP) is 0.929. The number of hydrogen-bond acceptors (Lipinski definition) is 4. The second-order valence-electron chi connectivity index (χ2n) is 5.03. The lowest BCUT2D eigenvalue weighted by molar-refractivity contribution is -0.179. The van der Waals surface area contributed by atoms with Gasteiger partial charge in [-0.3, -0.25) is 0 Å². The summed E-state index contributed by atoms with van der Waals surface area (Å²) < 4.78 is 4.53. The highest BCUT2D eigenvalue weighted by Crippen LogP contribution is 2.35. The molecule has 0 saturated heterocycles. The minimum atomic E-state index is -2.12. The fourth-order valence-corrected chi connectivity index (χ4v) is 4.60. The molecule has 2 N–H and O–H groups in total. The molecule has 0 aromatic carbocycles. The quantitative estimate of drug-likeness (QED) is 0.561. The van der Waals surface area contributed by atoms with E-state index in [-0.39, 0.29) is 0 Å². The van der Waals surface area contributed by atoms with Crippen molar-refractivity contribution < 1.29 is 19.7 Å². The highest BCUT2D eigenvalue weighted by molar-refractivity contribution is 6.79. The van der Waals surface area contributed by atoms with Crippen molar-refractivity contribution in [2.45, 2.75) is 50.7 Å². The number of methoxy groups -OCH3 is 1. The maximum absolute atomic E-state index is 11.5. The number of esters is 1. The Kier molecular flexibility index (Phi) is 4.12. The minimum Gasteiger partial charge on any atom is -0.467 e. The van der Waals surface area contributed by atoms with Crippen LogP contribution >= 0.6 is 0 Å². The summed E-state index contributed by atoms with van der Waals surface area (Å²) in [7, 11) is -0.915. The summed E-state index contributed by atoms with van der Waals surface area (Å²) >= 11 is 0. The number of carbonyl (C=O) groups is 1. The van der Waals surface area contributed by atoms with Gasteiger partial charge in [-0.15, -0.1) is 0 Å². The number of hydrogen-bond donors (Lipinski definition) is 2. The minimum absolute atomic E-state index is 0.324. The largest absolute Gasteiger partial charge is 0.467 e. The second-order valence-corrected chi connectivity index (χ2v) is 10.4. The van der Waals surface area contributed by atoms with Crippen LogP contribution < -0.4 is 0 Å². The van der Waals surface area contributed by atoms with Crippen LogP contribution in [0.3, 0.4) is 0 Å². The van der Waals surface area contributed by atoms with Crippen LogP contribution in [0.5, 0.6) is 0 Å². The van der Waals surface area contributed by atoms with Gasteiger partial charge in [0.15, 0.2) is 5.60 Å². The number of aliphatic hydroxyl groups is 2. The molecule has 0 aliphatic heterocycles. The summed E-state index contributed by atoms with van der Waals surface area (Å²) in [6.45, 7) is 8.81. The molecule has 0 aliphatic carbocycles. The van der Waals surface area contributed by atoms with E-state index in [1.165, 1.54) is 14.0 Å². The first kappa shape index (κ1) is 14.6. The Labute approximate surface area is 92.3 Å². The average Bonchev–Trinajstić information content (AvgIpc) is 2.12. The molecule has 0 rings (SSSR count). The van der Waals surface area contributed by atoms with Gasteiger partial charge in [0.05, 0.1) is 20.4 Å². The first-order valence-electron chi connectivity index (χ1n) is 5.07. The van der Waals surface area contributed by atoms with Gasteiger partial charge in [-0.2, -0.15) is 0 Å². The lowest BCUT2D eigenvalue weighted by atomic mass is 9.96. The standard InChI is InChI=1S/C10H22O4Si/c1-7-10(13,15(4,5)6)9(2,12)8(11)14-3/h12-13H,7H2,1-6H3/t9-,10-/m1/s1. The monoisotopic (exact) mass is 234 g/mol. The Balaban J connectivity index is 5.38. The predicted molar refractivity (Wildman–Crippen MR) is 61.2 cm³/mol. The van der Waals surface area contributed by atoms with E-state index in [4.69, 9.17) is 0 Å². The van der Waals surface area contributed by atoms with Gasteiger partial charge >= 0.3 is 5.97 Å². The van der Waals surface area contributed by atoms with Crippen molar-refractivity contribution in [2.75, 3.05) is 7.11 Å². The van der Waals surface area contributed by atoms with Crippen molar-refractivity contribution in [3.8, 4) is 0 Å².